The van der Waals surface area contributed by atoms with E-state index in [9.17, 15) is 42.9 Å². The number of amides is 3. The Labute approximate surface area is 519 Å². The second-order valence-corrected chi connectivity index (χ2v) is 23.5. The van der Waals surface area contributed by atoms with Crippen LogP contribution in [-0.4, -0.2) is 70.7 Å². The van der Waals surface area contributed by atoms with Crippen LogP contribution >= 0.6 is 103 Å². The summed E-state index contributed by atoms with van der Waals surface area (Å²) in [6, 6.07) is 24.4. The van der Waals surface area contributed by atoms with Crippen molar-refractivity contribution in [2.45, 2.75) is 92.0 Å². The first-order valence-corrected chi connectivity index (χ1v) is 28.9. The van der Waals surface area contributed by atoms with Crippen molar-refractivity contribution in [1.82, 2.24) is 16.4 Å². The second-order valence-electron chi connectivity index (χ2n) is 18.6. The molecule has 2 unspecified atom stereocenters. The first-order valence-electron chi connectivity index (χ1n) is 24.6. The topological polar surface area (TPSA) is 212 Å². The normalized spacial score (nSPS) is 11.7. The molecule has 0 aliphatic rings. The third-order valence-corrected chi connectivity index (χ3v) is 14.1. The summed E-state index contributed by atoms with van der Waals surface area (Å²) in [5.41, 5.74) is 12.3. The van der Waals surface area contributed by atoms with E-state index in [2.05, 4.69) is 100 Å². The molecule has 3 amide bonds. The maximum atomic E-state index is 14.0. The number of aliphatic hydroxyl groups excluding tert-OH is 2. The van der Waals surface area contributed by atoms with E-state index in [0.717, 1.165) is 44.5 Å². The van der Waals surface area contributed by atoms with E-state index in [-0.39, 0.29) is 68.6 Å². The molecule has 9 N–H and O–H groups in total. The van der Waals surface area contributed by atoms with Crippen molar-refractivity contribution in [2.75, 3.05) is 35.8 Å². The van der Waals surface area contributed by atoms with E-state index in [1.165, 1.54) is 36.4 Å². The Morgan fingerprint density at radius 1 is 0.537 bits per heavy atom. The van der Waals surface area contributed by atoms with Gasteiger partial charge in [-0.3, -0.25) is 28.9 Å². The van der Waals surface area contributed by atoms with Gasteiger partial charge in [0.05, 0.1) is 86.5 Å². The van der Waals surface area contributed by atoms with Crippen molar-refractivity contribution in [2.24, 2.45) is 0 Å². The molecular formula is C56H61Cl3F3I3N6O9. The molecule has 0 saturated heterocycles. The standard InChI is InChI=1S/2C19H21ClFIN2O3.C18H19ClFIN2O3/c1-11-8-12(22)4-5-16(11)23-17-10-15(21)14(20)9-13(17)18(25)24-27-7-6-19(2,3)26;1-3-13(25)6-7-27-24-19(26)14-9-15(20)16(21)10-18(14)23-17-5-4-12(22)8-11(17)2;1-10-7-12(21)3-4-16(10)22-17-9-15(20)14(19)8-13(17)18(25)23-26-6-5-11(2)24/h4-5,8-10,23,26H,6-7H2,1-3H3,(H,24,25);4-5,8-10,13,23,25H,3,6-7H2,1-2H3,(H,24,26);3-4,7-9,11,22,24H,5-6H2,1-2H3,(H,23,25). The van der Waals surface area contributed by atoms with E-state index in [1.54, 1.807) is 20.8 Å². The summed E-state index contributed by atoms with van der Waals surface area (Å²) in [5.74, 6) is -3.60. The molecule has 0 spiro atoms. The van der Waals surface area contributed by atoms with Gasteiger partial charge in [0, 0.05) is 34.2 Å². The van der Waals surface area contributed by atoms with Crippen LogP contribution in [0.4, 0.5) is 47.3 Å². The Kier molecular flexibility index (Phi) is 28.3. The largest absolute Gasteiger partial charge is 0.393 e. The highest BCUT2D eigenvalue weighted by molar-refractivity contribution is 14.1. The highest BCUT2D eigenvalue weighted by Crippen LogP contribution is 2.32. The molecule has 0 fully saturated rings. The summed E-state index contributed by atoms with van der Waals surface area (Å²) in [7, 11) is 0. The van der Waals surface area contributed by atoms with E-state index in [0.29, 0.717) is 25.7 Å². The molecule has 2 atom stereocenters. The third-order valence-electron chi connectivity index (χ3n) is 11.3. The van der Waals surface area contributed by atoms with Crippen LogP contribution in [0.1, 0.15) is 101 Å². The van der Waals surface area contributed by atoms with Gasteiger partial charge in [-0.05, 0) is 236 Å². The first-order chi connectivity index (χ1) is 37.6. The zero-order valence-corrected chi connectivity index (χ0v) is 53.2. The van der Waals surface area contributed by atoms with E-state index >= 15 is 0 Å². The van der Waals surface area contributed by atoms with Gasteiger partial charge in [-0.15, -0.1) is 0 Å². The molecule has 0 aliphatic heterocycles. The Morgan fingerprint density at radius 3 is 1.14 bits per heavy atom. The van der Waals surface area contributed by atoms with Crippen LogP contribution in [0.25, 0.3) is 0 Å². The smallest absolute Gasteiger partial charge is 0.277 e. The molecule has 6 aromatic rings. The van der Waals surface area contributed by atoms with E-state index in [1.807, 2.05) is 82.3 Å². The van der Waals surface area contributed by atoms with Gasteiger partial charge in [-0.25, -0.2) is 29.6 Å². The average molecular weight is 1510 g/mol. The Hall–Kier alpha value is -4.26. The second kappa shape index (κ2) is 33.1. The third kappa shape index (κ3) is 22.8. The molecule has 0 heterocycles. The van der Waals surface area contributed by atoms with E-state index in [4.69, 9.17) is 49.3 Å². The van der Waals surface area contributed by atoms with Gasteiger partial charge >= 0.3 is 0 Å². The first kappa shape index (κ1) is 68.2. The number of anilines is 6. The minimum absolute atomic E-state index is 0.128. The van der Waals surface area contributed by atoms with Gasteiger partial charge in [0.2, 0.25) is 0 Å². The van der Waals surface area contributed by atoms with Gasteiger partial charge in [0.15, 0.2) is 0 Å². The summed E-state index contributed by atoms with van der Waals surface area (Å²) in [6.07, 6.45) is 0.695. The monoisotopic (exact) mass is 1500 g/mol. The number of aryl methyl sites for hydroxylation is 3. The van der Waals surface area contributed by atoms with Crippen molar-refractivity contribution in [1.29, 1.82) is 0 Å². The van der Waals surface area contributed by atoms with Gasteiger partial charge in [0.25, 0.3) is 17.7 Å². The fraction of sp³-hybridized carbons (Fsp3) is 0.304. The molecular weight excluding hydrogens is 1440 g/mol. The number of hydrogen-bond acceptors (Lipinski definition) is 12. The number of rotatable bonds is 22. The fourth-order valence-corrected chi connectivity index (χ4v) is 9.13. The van der Waals surface area contributed by atoms with Crippen molar-refractivity contribution < 1.29 is 57.4 Å². The molecule has 24 heteroatoms. The number of nitrogens with one attached hydrogen (secondary N) is 6. The van der Waals surface area contributed by atoms with Gasteiger partial charge in [-0.2, -0.15) is 0 Å². The zero-order chi connectivity index (χ0) is 59.4. The number of aliphatic hydroxyl groups is 3. The van der Waals surface area contributed by atoms with Crippen molar-refractivity contribution in [3.63, 3.8) is 0 Å². The fourth-order valence-electron chi connectivity index (χ4n) is 6.70. The molecule has 80 heavy (non-hydrogen) atoms. The quantitative estimate of drug-likeness (QED) is 0.0177. The molecule has 0 aliphatic carbocycles. The van der Waals surface area contributed by atoms with Crippen LogP contribution < -0.4 is 32.4 Å². The lowest BCUT2D eigenvalue weighted by Gasteiger charge is -2.17. The molecule has 0 saturated carbocycles. The number of benzene rings is 6. The number of carbonyl (C=O) groups excluding carboxylic acids is 3. The van der Waals surface area contributed by atoms with Crippen molar-refractivity contribution in [3.8, 4) is 0 Å². The number of carbonyl (C=O) groups is 3. The molecule has 0 radical (unpaired) electrons. The Bertz CT molecular complexity index is 3110. The zero-order valence-electron chi connectivity index (χ0n) is 44.5. The highest BCUT2D eigenvalue weighted by Gasteiger charge is 2.21. The Morgan fingerprint density at radius 2 is 0.850 bits per heavy atom. The Balaban J connectivity index is 0.000000258. The van der Waals surface area contributed by atoms with Crippen molar-refractivity contribution in [3.05, 3.63) is 168 Å². The SMILES string of the molecule is CCC(O)CCONC(=O)c1cc(Cl)c(F)cc1Nc1ccc(I)cc1C.Cc1cc(I)ccc1Nc1cc(F)c(Cl)cc1C(=O)NOCCC(C)(C)O.Cc1cc(I)ccc1Nc1cc(F)c(Cl)cc1C(=O)NOCCC(C)O. The maximum Gasteiger partial charge on any atom is 0.277 e. The van der Waals surface area contributed by atoms with Gasteiger partial charge in [-0.1, -0.05) is 41.7 Å². The van der Waals surface area contributed by atoms with Gasteiger partial charge in [0.1, 0.15) is 17.5 Å². The molecule has 0 bridgehead atoms. The average Bonchev–Trinajstić information content (AvgIpc) is 3.39. The predicted molar refractivity (Wildman–Crippen MR) is 334 cm³/mol. The highest BCUT2D eigenvalue weighted by atomic mass is 127. The van der Waals surface area contributed by atoms with Gasteiger partial charge < -0.3 is 31.3 Å². The lowest BCUT2D eigenvalue weighted by molar-refractivity contribution is -0.00569. The van der Waals surface area contributed by atoms with Crippen LogP contribution in [0, 0.1) is 48.9 Å². The molecule has 0 aromatic heterocycles. The summed E-state index contributed by atoms with van der Waals surface area (Å²) < 4.78 is 45.0. The van der Waals surface area contributed by atoms with E-state index < -0.39 is 53.0 Å². The van der Waals surface area contributed by atoms with Crippen LogP contribution in [-0.2, 0) is 14.5 Å². The molecule has 6 aromatic carbocycles. The summed E-state index contributed by atoms with van der Waals surface area (Å²) >= 11 is 24.1. The van der Waals surface area contributed by atoms with Crippen LogP contribution in [0.3, 0.4) is 0 Å². The summed E-state index contributed by atoms with van der Waals surface area (Å²) in [5, 5.41) is 37.1. The maximum absolute atomic E-state index is 14.0. The molecule has 432 valence electrons. The summed E-state index contributed by atoms with van der Waals surface area (Å²) in [4.78, 5) is 52.6. The number of hydroxylamine groups is 3. The minimum atomic E-state index is -0.904. The molecule has 15 nitrogen and oxygen atoms in total. The van der Waals surface area contributed by atoms with Crippen LogP contribution in [0.5, 0.6) is 0 Å². The lowest BCUT2D eigenvalue weighted by atomic mass is 10.1. The van der Waals surface area contributed by atoms with Crippen molar-refractivity contribution >= 4 is 154 Å². The molecule has 6 rings (SSSR count). The van der Waals surface area contributed by atoms with Crippen LogP contribution in [0.15, 0.2) is 91.0 Å². The predicted octanol–water partition coefficient (Wildman–Crippen LogP) is 14.5. The lowest BCUT2D eigenvalue weighted by Crippen LogP contribution is -2.28. The number of halogens is 9. The number of hydrogen-bond donors (Lipinski definition) is 9. The van der Waals surface area contributed by atoms with Crippen LogP contribution in [0.2, 0.25) is 15.1 Å². The minimum Gasteiger partial charge on any atom is -0.393 e. The summed E-state index contributed by atoms with van der Waals surface area (Å²) in [6.45, 7) is 12.9.